The van der Waals surface area contributed by atoms with Gasteiger partial charge in [-0.1, -0.05) is 6.07 Å². The van der Waals surface area contributed by atoms with Crippen LogP contribution in [-0.4, -0.2) is 36.8 Å². The van der Waals surface area contributed by atoms with Crippen molar-refractivity contribution in [3.05, 3.63) is 23.9 Å². The lowest BCUT2D eigenvalue weighted by molar-refractivity contribution is -0.154. The van der Waals surface area contributed by atoms with Crippen molar-refractivity contribution in [1.82, 2.24) is 15.6 Å². The predicted octanol–water partition coefficient (Wildman–Crippen LogP) is 2.87. The largest absolute Gasteiger partial charge is 0.468 e. The molecule has 26 heavy (non-hydrogen) atoms. The Morgan fingerprint density at radius 3 is 2.69 bits per heavy atom. The van der Waals surface area contributed by atoms with E-state index < -0.39 is 12.8 Å². The first-order chi connectivity index (χ1) is 11.4. The third-order valence-electron chi connectivity index (χ3n) is 4.78. The highest BCUT2D eigenvalue weighted by Crippen LogP contribution is 2.58. The van der Waals surface area contributed by atoms with Gasteiger partial charge in [-0.05, 0) is 43.8 Å². The molecule has 2 aliphatic rings. The van der Waals surface area contributed by atoms with E-state index in [1.165, 1.54) is 6.20 Å². The average molecular weight is 416 g/mol. The quantitative estimate of drug-likeness (QED) is 0.775. The summed E-state index contributed by atoms with van der Waals surface area (Å²) in [5.74, 6) is -0.124. The Hall–Kier alpha value is -1.25. The van der Waals surface area contributed by atoms with Crippen molar-refractivity contribution in [1.29, 1.82) is 0 Å². The number of hydrogen-bond donors (Lipinski definition) is 2. The zero-order valence-electron chi connectivity index (χ0n) is 14.0. The summed E-state index contributed by atoms with van der Waals surface area (Å²) in [7, 11) is 0. The molecule has 1 aromatic rings. The molecule has 1 saturated carbocycles. The maximum Gasteiger partial charge on any atom is 0.422 e. The molecule has 2 fully saturated rings. The Morgan fingerprint density at radius 2 is 2.04 bits per heavy atom. The molecule has 3 rings (SSSR count). The van der Waals surface area contributed by atoms with Crippen LogP contribution in [0.4, 0.5) is 13.2 Å². The molecule has 5 nitrogen and oxygen atoms in total. The van der Waals surface area contributed by atoms with Gasteiger partial charge in [0, 0.05) is 24.2 Å². The fraction of sp³-hybridized carbons (Fsp3) is 0.625. The SMILES string of the molecule is Cl.Cl.O=C(NCc1cccnc1OCC(F)(F)F)C1CC12CCNCC2. The monoisotopic (exact) mass is 415 g/mol. The summed E-state index contributed by atoms with van der Waals surface area (Å²) in [6.45, 7) is 0.581. The third kappa shape index (κ3) is 5.62. The minimum absolute atomic E-state index is 0. The van der Waals surface area contributed by atoms with Crippen LogP contribution in [0.5, 0.6) is 5.88 Å². The molecule has 1 unspecified atom stereocenters. The van der Waals surface area contributed by atoms with Crippen molar-refractivity contribution >= 4 is 30.7 Å². The molecule has 1 atom stereocenters. The second-order valence-electron chi connectivity index (χ2n) is 6.46. The molecule has 1 aliphatic heterocycles. The molecule has 2 N–H and O–H groups in total. The first-order valence-electron chi connectivity index (χ1n) is 8.02. The van der Waals surface area contributed by atoms with Gasteiger partial charge in [0.15, 0.2) is 6.61 Å². The number of piperidine rings is 1. The van der Waals surface area contributed by atoms with E-state index >= 15 is 0 Å². The van der Waals surface area contributed by atoms with Crippen molar-refractivity contribution in [2.75, 3.05) is 19.7 Å². The van der Waals surface area contributed by atoms with Gasteiger partial charge in [0.2, 0.25) is 11.8 Å². The first-order valence-corrected chi connectivity index (χ1v) is 8.02. The maximum absolute atomic E-state index is 12.3. The summed E-state index contributed by atoms with van der Waals surface area (Å²) < 4.78 is 41.6. The van der Waals surface area contributed by atoms with E-state index in [0.29, 0.717) is 5.56 Å². The average Bonchev–Trinajstić information content (AvgIpc) is 3.24. The molecule has 2 heterocycles. The van der Waals surface area contributed by atoms with Crippen molar-refractivity contribution in [2.45, 2.75) is 32.0 Å². The van der Waals surface area contributed by atoms with Gasteiger partial charge in [0.05, 0.1) is 0 Å². The number of nitrogens with zero attached hydrogens (tertiary/aromatic N) is 1. The van der Waals surface area contributed by atoms with Gasteiger partial charge < -0.3 is 15.4 Å². The number of nitrogens with one attached hydrogen (secondary N) is 2. The minimum Gasteiger partial charge on any atom is -0.468 e. The third-order valence-corrected chi connectivity index (χ3v) is 4.78. The minimum atomic E-state index is -4.42. The van der Waals surface area contributed by atoms with Gasteiger partial charge in [0.25, 0.3) is 0 Å². The summed E-state index contributed by atoms with van der Waals surface area (Å²) in [5.41, 5.74) is 0.565. The number of halogens is 5. The van der Waals surface area contributed by atoms with Crippen molar-refractivity contribution in [2.24, 2.45) is 11.3 Å². The van der Waals surface area contributed by atoms with Crippen LogP contribution in [-0.2, 0) is 11.3 Å². The highest BCUT2D eigenvalue weighted by atomic mass is 35.5. The van der Waals surface area contributed by atoms with Crippen LogP contribution in [0.1, 0.15) is 24.8 Å². The van der Waals surface area contributed by atoms with Crippen molar-refractivity contribution in [3.63, 3.8) is 0 Å². The van der Waals surface area contributed by atoms with Crippen LogP contribution in [0.15, 0.2) is 18.3 Å². The van der Waals surface area contributed by atoms with E-state index in [-0.39, 0.29) is 54.5 Å². The topological polar surface area (TPSA) is 63.2 Å². The van der Waals surface area contributed by atoms with E-state index in [0.717, 1.165) is 32.4 Å². The molecule has 1 aromatic heterocycles. The number of carbonyl (C=O) groups is 1. The lowest BCUT2D eigenvalue weighted by Crippen LogP contribution is -2.33. The molecule has 1 spiro atoms. The summed E-state index contributed by atoms with van der Waals surface area (Å²) >= 11 is 0. The predicted molar refractivity (Wildman–Crippen MR) is 94.8 cm³/mol. The highest BCUT2D eigenvalue weighted by Gasteiger charge is 2.57. The summed E-state index contributed by atoms with van der Waals surface area (Å²) in [6.07, 6.45) is -0.170. The van der Waals surface area contributed by atoms with Crippen LogP contribution < -0.4 is 15.4 Å². The summed E-state index contributed by atoms with van der Waals surface area (Å²) in [4.78, 5) is 16.1. The number of pyridine rings is 1. The Balaban J connectivity index is 0.00000169. The molecule has 0 aromatic carbocycles. The van der Waals surface area contributed by atoms with Crippen molar-refractivity contribution in [3.8, 4) is 5.88 Å². The van der Waals surface area contributed by atoms with E-state index in [1.807, 2.05) is 0 Å². The fourth-order valence-electron chi connectivity index (χ4n) is 3.34. The van der Waals surface area contributed by atoms with Crippen molar-refractivity contribution < 1.29 is 22.7 Å². The highest BCUT2D eigenvalue weighted by molar-refractivity contribution is 5.85. The van der Waals surface area contributed by atoms with Crippen LogP contribution >= 0.6 is 24.8 Å². The van der Waals surface area contributed by atoms with Gasteiger partial charge in [-0.2, -0.15) is 13.2 Å². The number of amides is 1. The Morgan fingerprint density at radius 1 is 1.35 bits per heavy atom. The van der Waals surface area contributed by atoms with Crippen LogP contribution in [0.3, 0.4) is 0 Å². The van der Waals surface area contributed by atoms with E-state index in [4.69, 9.17) is 4.74 Å². The number of rotatable bonds is 5. The van der Waals surface area contributed by atoms with Gasteiger partial charge in [-0.25, -0.2) is 4.98 Å². The number of aromatic nitrogens is 1. The smallest absolute Gasteiger partial charge is 0.422 e. The normalized spacial score (nSPS) is 20.5. The molecule has 1 aliphatic carbocycles. The van der Waals surface area contributed by atoms with Gasteiger partial charge in [0.1, 0.15) is 0 Å². The number of carbonyl (C=O) groups excluding carboxylic acids is 1. The number of hydrogen-bond acceptors (Lipinski definition) is 4. The second kappa shape index (κ2) is 9.10. The number of alkyl halides is 3. The van der Waals surface area contributed by atoms with E-state index in [9.17, 15) is 18.0 Å². The zero-order valence-corrected chi connectivity index (χ0v) is 15.6. The Kier molecular flexibility index (Phi) is 7.98. The Bertz CT molecular complexity index is 611. The molecule has 148 valence electrons. The second-order valence-corrected chi connectivity index (χ2v) is 6.46. The van der Waals surface area contributed by atoms with Gasteiger partial charge >= 0.3 is 6.18 Å². The maximum atomic E-state index is 12.3. The summed E-state index contributed by atoms with van der Waals surface area (Å²) in [6, 6.07) is 3.21. The molecular formula is C16H22Cl2F3N3O2. The molecular weight excluding hydrogens is 394 g/mol. The van der Waals surface area contributed by atoms with Crippen LogP contribution in [0.2, 0.25) is 0 Å². The molecule has 1 saturated heterocycles. The molecule has 0 bridgehead atoms. The van der Waals surface area contributed by atoms with Gasteiger partial charge in [-0.3, -0.25) is 4.79 Å². The lowest BCUT2D eigenvalue weighted by atomic mass is 9.92. The van der Waals surface area contributed by atoms with Gasteiger partial charge in [-0.15, -0.1) is 24.8 Å². The standard InChI is InChI=1S/C16H20F3N3O2.2ClH/c17-16(18,19)10-24-14-11(2-1-5-21-14)9-22-13(23)12-8-15(12)3-6-20-7-4-15;;/h1-2,5,12,20H,3-4,6-10H2,(H,22,23);2*1H. The van der Waals surface area contributed by atoms with Crippen LogP contribution in [0, 0.1) is 11.3 Å². The Labute approximate surface area is 162 Å². The lowest BCUT2D eigenvalue weighted by Gasteiger charge is -2.23. The molecule has 10 heteroatoms. The van der Waals surface area contributed by atoms with E-state index in [1.54, 1.807) is 12.1 Å². The first kappa shape index (κ1) is 22.8. The van der Waals surface area contributed by atoms with E-state index in [2.05, 4.69) is 15.6 Å². The molecule has 0 radical (unpaired) electrons. The number of ether oxygens (including phenoxy) is 1. The van der Waals surface area contributed by atoms with Crippen LogP contribution in [0.25, 0.3) is 0 Å². The zero-order chi connectivity index (χ0) is 17.2. The fourth-order valence-corrected chi connectivity index (χ4v) is 3.34. The summed E-state index contributed by atoms with van der Waals surface area (Å²) in [5, 5.41) is 6.09. The molecule has 1 amide bonds.